The molecule has 7 heteroatoms. The van der Waals surface area contributed by atoms with Crippen molar-refractivity contribution in [2.75, 3.05) is 13.7 Å². The van der Waals surface area contributed by atoms with Crippen LogP contribution in [0.15, 0.2) is 64.5 Å². The number of aryl methyl sites for hydroxylation is 1. The topological polar surface area (TPSA) is 65.7 Å². The van der Waals surface area contributed by atoms with Gasteiger partial charge in [-0.25, -0.2) is 4.98 Å². The van der Waals surface area contributed by atoms with Gasteiger partial charge in [-0.15, -0.1) is 0 Å². The number of fused-ring (bicyclic) bond motifs is 1. The quantitative estimate of drug-likeness (QED) is 0.280. The summed E-state index contributed by atoms with van der Waals surface area (Å²) in [5.41, 5.74) is 3.88. The van der Waals surface area contributed by atoms with Crippen molar-refractivity contribution >= 4 is 28.7 Å². The van der Waals surface area contributed by atoms with Crippen LogP contribution in [0.1, 0.15) is 43.4 Å². The Morgan fingerprint density at radius 2 is 1.89 bits per heavy atom. The van der Waals surface area contributed by atoms with Crippen molar-refractivity contribution in [3.05, 3.63) is 86.7 Å². The predicted molar refractivity (Wildman–Crippen MR) is 142 cm³/mol. The molecule has 35 heavy (non-hydrogen) atoms. The summed E-state index contributed by atoms with van der Waals surface area (Å²) >= 11 is 6.34. The zero-order chi connectivity index (χ0) is 25.1. The first-order valence-electron chi connectivity index (χ1n) is 11.5. The molecule has 0 saturated heterocycles. The molecule has 1 aromatic heterocycles. The molecule has 4 aromatic rings. The van der Waals surface area contributed by atoms with Crippen LogP contribution in [-0.2, 0) is 0 Å². The molecular formula is C28H28ClN3O3. The summed E-state index contributed by atoms with van der Waals surface area (Å²) in [6.07, 6.45) is 1.60. The maximum atomic E-state index is 13.5. The number of aromatic nitrogens is 2. The maximum Gasteiger partial charge on any atom is 0.282 e. The maximum absolute atomic E-state index is 13.5. The van der Waals surface area contributed by atoms with E-state index in [1.54, 1.807) is 31.5 Å². The molecule has 3 aromatic carbocycles. The molecule has 0 N–H and O–H groups in total. The first-order valence-corrected chi connectivity index (χ1v) is 11.9. The molecule has 0 amide bonds. The van der Waals surface area contributed by atoms with Gasteiger partial charge in [0.25, 0.3) is 5.56 Å². The average molecular weight is 490 g/mol. The van der Waals surface area contributed by atoms with Gasteiger partial charge < -0.3 is 9.47 Å². The minimum atomic E-state index is -0.250. The van der Waals surface area contributed by atoms with E-state index in [1.807, 2.05) is 50.2 Å². The lowest BCUT2D eigenvalue weighted by molar-refractivity contribution is 0.340. The van der Waals surface area contributed by atoms with E-state index in [1.165, 1.54) is 4.68 Å². The third kappa shape index (κ3) is 4.93. The number of rotatable bonds is 7. The molecule has 0 spiro atoms. The minimum absolute atomic E-state index is 0.222. The largest absolute Gasteiger partial charge is 0.496 e. The molecule has 1 heterocycles. The fraction of sp³-hybridized carbons (Fsp3) is 0.250. The van der Waals surface area contributed by atoms with Gasteiger partial charge in [-0.1, -0.05) is 37.6 Å². The molecule has 0 radical (unpaired) electrons. The number of ether oxygens (including phenoxy) is 2. The highest BCUT2D eigenvalue weighted by molar-refractivity contribution is 6.32. The van der Waals surface area contributed by atoms with Crippen LogP contribution in [0, 0.1) is 6.92 Å². The minimum Gasteiger partial charge on any atom is -0.496 e. The van der Waals surface area contributed by atoms with E-state index >= 15 is 0 Å². The molecular weight excluding hydrogens is 462 g/mol. The standard InChI is InChI=1S/C28H28ClN3O3/c1-6-35-25-12-11-19(14-23(25)29)16-30-32-27(31-24-10-8-7-9-20(24)28(32)33)22-15-21(17(2)3)26(34-5)13-18(22)4/h7-17H,6H2,1-5H3. The molecule has 0 aliphatic rings. The van der Waals surface area contributed by atoms with Crippen molar-refractivity contribution in [1.29, 1.82) is 0 Å². The summed E-state index contributed by atoms with van der Waals surface area (Å²) in [4.78, 5) is 18.4. The van der Waals surface area contributed by atoms with E-state index in [-0.39, 0.29) is 11.5 Å². The van der Waals surface area contributed by atoms with Crippen LogP contribution in [0.25, 0.3) is 22.3 Å². The zero-order valence-electron chi connectivity index (χ0n) is 20.5. The van der Waals surface area contributed by atoms with E-state index in [2.05, 4.69) is 18.9 Å². The lowest BCUT2D eigenvalue weighted by Crippen LogP contribution is -2.20. The van der Waals surface area contributed by atoms with Gasteiger partial charge in [-0.2, -0.15) is 9.78 Å². The van der Waals surface area contributed by atoms with Crippen LogP contribution in [0.2, 0.25) is 5.02 Å². The Kier molecular flexibility index (Phi) is 7.22. The number of hydrogen-bond donors (Lipinski definition) is 0. The van der Waals surface area contributed by atoms with Crippen molar-refractivity contribution in [3.63, 3.8) is 0 Å². The van der Waals surface area contributed by atoms with Gasteiger partial charge in [-0.05, 0) is 78.9 Å². The van der Waals surface area contributed by atoms with Crippen LogP contribution in [-0.4, -0.2) is 29.6 Å². The smallest absolute Gasteiger partial charge is 0.282 e. The normalized spacial score (nSPS) is 11.5. The van der Waals surface area contributed by atoms with Crippen LogP contribution in [0.3, 0.4) is 0 Å². The van der Waals surface area contributed by atoms with Gasteiger partial charge in [0.05, 0.1) is 35.9 Å². The van der Waals surface area contributed by atoms with Gasteiger partial charge in [0.2, 0.25) is 0 Å². The number of benzene rings is 3. The number of hydrogen-bond acceptors (Lipinski definition) is 5. The van der Waals surface area contributed by atoms with Crippen LogP contribution in [0.5, 0.6) is 11.5 Å². The van der Waals surface area contributed by atoms with E-state index < -0.39 is 0 Å². The molecule has 0 bridgehead atoms. The second-order valence-electron chi connectivity index (χ2n) is 8.50. The van der Waals surface area contributed by atoms with Crippen LogP contribution in [0.4, 0.5) is 0 Å². The molecule has 6 nitrogen and oxygen atoms in total. The summed E-state index contributed by atoms with van der Waals surface area (Å²) in [6, 6.07) is 16.7. The predicted octanol–water partition coefficient (Wildman–Crippen LogP) is 6.44. The SMILES string of the molecule is CCOc1ccc(C=Nn2c(-c3cc(C(C)C)c(OC)cc3C)nc3ccccc3c2=O)cc1Cl. The van der Waals surface area contributed by atoms with Crippen molar-refractivity contribution in [1.82, 2.24) is 9.66 Å². The lowest BCUT2D eigenvalue weighted by atomic mass is 9.96. The highest BCUT2D eigenvalue weighted by Crippen LogP contribution is 2.34. The summed E-state index contributed by atoms with van der Waals surface area (Å²) in [7, 11) is 1.66. The first kappa shape index (κ1) is 24.5. The number of para-hydroxylation sites is 1. The van der Waals surface area contributed by atoms with Gasteiger partial charge in [0, 0.05) is 5.56 Å². The summed E-state index contributed by atoms with van der Waals surface area (Å²) in [6.45, 7) is 8.60. The molecule has 180 valence electrons. The Labute approximate surface area is 209 Å². The Bertz CT molecular complexity index is 1470. The number of methoxy groups -OCH3 is 1. The van der Waals surface area contributed by atoms with Crippen LogP contribution >= 0.6 is 11.6 Å². The second-order valence-corrected chi connectivity index (χ2v) is 8.91. The van der Waals surface area contributed by atoms with E-state index in [0.29, 0.717) is 34.1 Å². The van der Waals surface area contributed by atoms with Gasteiger partial charge in [-0.3, -0.25) is 4.79 Å². The monoisotopic (exact) mass is 489 g/mol. The summed E-state index contributed by atoms with van der Waals surface area (Å²) < 4.78 is 12.5. The van der Waals surface area contributed by atoms with E-state index in [9.17, 15) is 4.79 Å². The summed E-state index contributed by atoms with van der Waals surface area (Å²) in [5, 5.41) is 5.54. The highest BCUT2D eigenvalue weighted by atomic mass is 35.5. The second kappa shape index (κ2) is 10.3. The fourth-order valence-corrected chi connectivity index (χ4v) is 4.21. The zero-order valence-corrected chi connectivity index (χ0v) is 21.3. The van der Waals surface area contributed by atoms with E-state index in [4.69, 9.17) is 26.1 Å². The Morgan fingerprint density at radius 3 is 2.57 bits per heavy atom. The highest BCUT2D eigenvalue weighted by Gasteiger charge is 2.18. The van der Waals surface area contributed by atoms with Crippen LogP contribution < -0.4 is 15.0 Å². The molecule has 0 unspecified atom stereocenters. The third-order valence-corrected chi connectivity index (χ3v) is 6.07. The molecule has 0 aliphatic carbocycles. The number of halogens is 1. The van der Waals surface area contributed by atoms with Crippen molar-refractivity contribution < 1.29 is 9.47 Å². The Hall–Kier alpha value is -3.64. The lowest BCUT2D eigenvalue weighted by Gasteiger charge is -2.17. The first-order chi connectivity index (χ1) is 16.8. The molecule has 0 fully saturated rings. The molecule has 0 saturated carbocycles. The van der Waals surface area contributed by atoms with Crippen molar-refractivity contribution in [2.45, 2.75) is 33.6 Å². The van der Waals surface area contributed by atoms with Gasteiger partial charge in [0.15, 0.2) is 5.82 Å². The van der Waals surface area contributed by atoms with Gasteiger partial charge in [0.1, 0.15) is 11.5 Å². The van der Waals surface area contributed by atoms with Gasteiger partial charge >= 0.3 is 0 Å². The Balaban J connectivity index is 1.93. The molecule has 4 rings (SSSR count). The molecule has 0 aliphatic heterocycles. The van der Waals surface area contributed by atoms with E-state index in [0.717, 1.165) is 28.0 Å². The van der Waals surface area contributed by atoms with Crippen molar-refractivity contribution in [2.24, 2.45) is 5.10 Å². The van der Waals surface area contributed by atoms with Crippen molar-refractivity contribution in [3.8, 4) is 22.9 Å². The third-order valence-electron chi connectivity index (χ3n) is 5.77. The fourth-order valence-electron chi connectivity index (χ4n) is 3.97. The average Bonchev–Trinajstić information content (AvgIpc) is 2.84. The number of nitrogens with zero attached hydrogens (tertiary/aromatic N) is 3. The molecule has 0 atom stereocenters. The Morgan fingerprint density at radius 1 is 1.11 bits per heavy atom. The summed E-state index contributed by atoms with van der Waals surface area (Å²) in [5.74, 6) is 2.10.